The molecular formula is C19H28N2O4. The number of carbonyl (C=O) groups excluding carboxylic acids is 2. The van der Waals surface area contributed by atoms with Crippen LogP contribution in [0.3, 0.4) is 0 Å². The minimum atomic E-state index is -0.198. The van der Waals surface area contributed by atoms with Crippen LogP contribution in [0.15, 0.2) is 24.3 Å². The largest absolute Gasteiger partial charge is 0.494 e. The Kier molecular flexibility index (Phi) is 7.73. The molecule has 0 N–H and O–H groups in total. The second-order valence-corrected chi connectivity index (χ2v) is 6.07. The average Bonchev–Trinajstić information content (AvgIpc) is 2.83. The van der Waals surface area contributed by atoms with Crippen molar-refractivity contribution in [3.05, 3.63) is 29.8 Å². The van der Waals surface area contributed by atoms with Gasteiger partial charge in [-0.1, -0.05) is 12.1 Å². The SMILES string of the molecule is CCOC(=O)CN1CCCN(C(=O)Cc2ccc(OCC)cc2)CC1. The first-order valence-corrected chi connectivity index (χ1v) is 8.99. The van der Waals surface area contributed by atoms with Crippen LogP contribution < -0.4 is 4.74 Å². The van der Waals surface area contributed by atoms with Crippen molar-refractivity contribution in [1.29, 1.82) is 0 Å². The Morgan fingerprint density at radius 1 is 1.00 bits per heavy atom. The topological polar surface area (TPSA) is 59.1 Å². The van der Waals surface area contributed by atoms with Crippen molar-refractivity contribution in [3.8, 4) is 5.75 Å². The first-order valence-electron chi connectivity index (χ1n) is 8.99. The van der Waals surface area contributed by atoms with E-state index in [2.05, 4.69) is 4.90 Å². The molecule has 0 atom stereocenters. The molecule has 138 valence electrons. The van der Waals surface area contributed by atoms with E-state index in [9.17, 15) is 9.59 Å². The van der Waals surface area contributed by atoms with Gasteiger partial charge in [0.2, 0.25) is 5.91 Å². The highest BCUT2D eigenvalue weighted by Crippen LogP contribution is 2.14. The van der Waals surface area contributed by atoms with E-state index in [1.165, 1.54) is 0 Å². The third-order valence-corrected chi connectivity index (χ3v) is 4.19. The van der Waals surface area contributed by atoms with Gasteiger partial charge in [0, 0.05) is 26.2 Å². The van der Waals surface area contributed by atoms with Crippen LogP contribution >= 0.6 is 0 Å². The smallest absolute Gasteiger partial charge is 0.320 e. The van der Waals surface area contributed by atoms with E-state index in [0.717, 1.165) is 30.8 Å². The number of ether oxygens (including phenoxy) is 2. The Labute approximate surface area is 149 Å². The van der Waals surface area contributed by atoms with Crippen LogP contribution in [0.2, 0.25) is 0 Å². The number of benzene rings is 1. The lowest BCUT2D eigenvalue weighted by Gasteiger charge is -2.21. The third-order valence-electron chi connectivity index (χ3n) is 4.19. The molecule has 0 saturated carbocycles. The Balaban J connectivity index is 1.82. The van der Waals surface area contributed by atoms with Gasteiger partial charge in [-0.25, -0.2) is 0 Å². The molecule has 2 rings (SSSR count). The third kappa shape index (κ3) is 6.38. The highest BCUT2D eigenvalue weighted by atomic mass is 16.5. The zero-order valence-corrected chi connectivity index (χ0v) is 15.2. The van der Waals surface area contributed by atoms with Crippen LogP contribution in [-0.4, -0.2) is 67.6 Å². The monoisotopic (exact) mass is 348 g/mol. The second-order valence-electron chi connectivity index (χ2n) is 6.07. The van der Waals surface area contributed by atoms with Crippen molar-refractivity contribution in [2.45, 2.75) is 26.7 Å². The number of esters is 1. The van der Waals surface area contributed by atoms with E-state index in [4.69, 9.17) is 9.47 Å². The van der Waals surface area contributed by atoms with Crippen LogP contribution in [-0.2, 0) is 20.7 Å². The summed E-state index contributed by atoms with van der Waals surface area (Å²) >= 11 is 0. The van der Waals surface area contributed by atoms with Crippen LogP contribution in [0.25, 0.3) is 0 Å². The van der Waals surface area contributed by atoms with Gasteiger partial charge in [0.25, 0.3) is 0 Å². The van der Waals surface area contributed by atoms with Crippen molar-refractivity contribution in [2.75, 3.05) is 45.9 Å². The first-order chi connectivity index (χ1) is 12.1. The molecular weight excluding hydrogens is 320 g/mol. The summed E-state index contributed by atoms with van der Waals surface area (Å²) in [5.74, 6) is 0.752. The summed E-state index contributed by atoms with van der Waals surface area (Å²) in [5.41, 5.74) is 0.987. The van der Waals surface area contributed by atoms with Gasteiger partial charge in [0.1, 0.15) is 5.75 Å². The summed E-state index contributed by atoms with van der Waals surface area (Å²) in [6.45, 7) is 7.98. The van der Waals surface area contributed by atoms with Crippen molar-refractivity contribution < 1.29 is 19.1 Å². The Hall–Kier alpha value is -2.08. The molecule has 1 heterocycles. The molecule has 1 saturated heterocycles. The fraction of sp³-hybridized carbons (Fsp3) is 0.579. The van der Waals surface area contributed by atoms with Gasteiger partial charge in [-0.15, -0.1) is 0 Å². The van der Waals surface area contributed by atoms with Crippen molar-refractivity contribution in [1.82, 2.24) is 9.80 Å². The number of rotatable bonds is 7. The fourth-order valence-corrected chi connectivity index (χ4v) is 2.92. The number of hydrogen-bond acceptors (Lipinski definition) is 5. The Bertz CT molecular complexity index is 559. The van der Waals surface area contributed by atoms with Crippen LogP contribution in [0, 0.1) is 0 Å². The molecule has 1 aromatic carbocycles. The lowest BCUT2D eigenvalue weighted by Crippen LogP contribution is -2.37. The van der Waals surface area contributed by atoms with Crippen molar-refractivity contribution in [2.24, 2.45) is 0 Å². The quantitative estimate of drug-likeness (QED) is 0.702. The van der Waals surface area contributed by atoms with Gasteiger partial charge < -0.3 is 14.4 Å². The molecule has 1 amide bonds. The summed E-state index contributed by atoms with van der Waals surface area (Å²) in [6, 6.07) is 7.67. The lowest BCUT2D eigenvalue weighted by atomic mass is 10.1. The molecule has 6 nitrogen and oxygen atoms in total. The van der Waals surface area contributed by atoms with E-state index in [1.807, 2.05) is 43.0 Å². The van der Waals surface area contributed by atoms with E-state index in [-0.39, 0.29) is 11.9 Å². The summed E-state index contributed by atoms with van der Waals surface area (Å²) in [7, 11) is 0. The van der Waals surface area contributed by atoms with Crippen LogP contribution in [0.4, 0.5) is 0 Å². The standard InChI is InChI=1S/C19H28N2O4/c1-3-24-17-8-6-16(7-9-17)14-18(22)21-11-5-10-20(12-13-21)15-19(23)25-4-2/h6-9H,3-5,10-15H2,1-2H3. The number of hydrogen-bond donors (Lipinski definition) is 0. The van der Waals surface area contributed by atoms with Gasteiger partial charge in [-0.3, -0.25) is 14.5 Å². The maximum absolute atomic E-state index is 12.5. The van der Waals surface area contributed by atoms with Crippen LogP contribution in [0.1, 0.15) is 25.8 Å². The molecule has 1 fully saturated rings. The summed E-state index contributed by atoms with van der Waals surface area (Å²) in [4.78, 5) is 28.1. The number of carbonyl (C=O) groups is 2. The van der Waals surface area contributed by atoms with Gasteiger partial charge in [-0.05, 0) is 38.0 Å². The van der Waals surface area contributed by atoms with Crippen LogP contribution in [0.5, 0.6) is 5.75 Å². The maximum Gasteiger partial charge on any atom is 0.320 e. The molecule has 0 radical (unpaired) electrons. The molecule has 25 heavy (non-hydrogen) atoms. The highest BCUT2D eigenvalue weighted by molar-refractivity contribution is 5.79. The molecule has 6 heteroatoms. The number of nitrogens with zero attached hydrogens (tertiary/aromatic N) is 2. The minimum absolute atomic E-state index is 0.127. The van der Waals surface area contributed by atoms with E-state index < -0.39 is 0 Å². The lowest BCUT2D eigenvalue weighted by molar-refractivity contribution is -0.144. The molecule has 0 aromatic heterocycles. The molecule has 0 unspecified atom stereocenters. The van der Waals surface area contributed by atoms with Crippen molar-refractivity contribution in [3.63, 3.8) is 0 Å². The molecule has 0 spiro atoms. The van der Waals surface area contributed by atoms with Gasteiger partial charge in [-0.2, -0.15) is 0 Å². The molecule has 1 aromatic rings. The highest BCUT2D eigenvalue weighted by Gasteiger charge is 2.20. The van der Waals surface area contributed by atoms with Crippen molar-refractivity contribution >= 4 is 11.9 Å². The van der Waals surface area contributed by atoms with Gasteiger partial charge >= 0.3 is 5.97 Å². The Morgan fingerprint density at radius 3 is 2.44 bits per heavy atom. The van der Waals surface area contributed by atoms with Gasteiger partial charge in [0.15, 0.2) is 0 Å². The first kappa shape index (κ1) is 19.2. The molecule has 1 aliphatic rings. The zero-order valence-electron chi connectivity index (χ0n) is 15.2. The van der Waals surface area contributed by atoms with Gasteiger partial charge in [0.05, 0.1) is 26.2 Å². The molecule has 1 aliphatic heterocycles. The fourth-order valence-electron chi connectivity index (χ4n) is 2.92. The molecule has 0 aliphatic carbocycles. The maximum atomic E-state index is 12.5. The summed E-state index contributed by atoms with van der Waals surface area (Å²) < 4.78 is 10.4. The molecule has 0 bridgehead atoms. The summed E-state index contributed by atoms with van der Waals surface area (Å²) in [5, 5.41) is 0. The predicted octanol–water partition coefficient (Wildman–Crippen LogP) is 1.73. The van der Waals surface area contributed by atoms with E-state index in [1.54, 1.807) is 0 Å². The zero-order chi connectivity index (χ0) is 18.1. The average molecular weight is 348 g/mol. The number of amides is 1. The second kappa shape index (κ2) is 10.0. The summed E-state index contributed by atoms with van der Waals surface area (Å²) in [6.07, 6.45) is 1.26. The Morgan fingerprint density at radius 2 is 1.76 bits per heavy atom. The minimum Gasteiger partial charge on any atom is -0.494 e. The normalized spacial score (nSPS) is 15.5. The predicted molar refractivity (Wildman–Crippen MR) is 95.6 cm³/mol. The van der Waals surface area contributed by atoms with E-state index in [0.29, 0.717) is 39.3 Å². The van der Waals surface area contributed by atoms with E-state index >= 15 is 0 Å².